The normalized spacial score (nSPS) is 11.8. The zero-order valence-corrected chi connectivity index (χ0v) is 11.2. The van der Waals surface area contributed by atoms with Crippen molar-refractivity contribution in [1.29, 1.82) is 0 Å². The standard InChI is InChI=1S/C16H18N2O2/c19-13-16(11-14-7-3-1-4-8-14)18(17-20)12-15-9-5-2-6-10-15/h1-10,16,19H,11-13H2/t16-/m0/s1. The van der Waals surface area contributed by atoms with Crippen molar-refractivity contribution in [2.24, 2.45) is 5.29 Å². The fourth-order valence-corrected chi connectivity index (χ4v) is 2.15. The van der Waals surface area contributed by atoms with Crippen LogP contribution in [0.5, 0.6) is 0 Å². The summed E-state index contributed by atoms with van der Waals surface area (Å²) < 4.78 is 0. The van der Waals surface area contributed by atoms with Crippen LogP contribution >= 0.6 is 0 Å². The number of nitroso groups, excluding NO2 is 1. The predicted octanol–water partition coefficient (Wildman–Crippen LogP) is 2.77. The average Bonchev–Trinajstić information content (AvgIpc) is 2.52. The molecule has 0 aliphatic heterocycles. The molecule has 0 amide bonds. The smallest absolute Gasteiger partial charge is 0.0777 e. The molecule has 4 nitrogen and oxygen atoms in total. The average molecular weight is 270 g/mol. The molecule has 1 N–H and O–H groups in total. The third-order valence-electron chi connectivity index (χ3n) is 3.24. The minimum Gasteiger partial charge on any atom is -0.394 e. The second kappa shape index (κ2) is 7.40. The minimum atomic E-state index is -0.310. The van der Waals surface area contributed by atoms with Gasteiger partial charge in [-0.1, -0.05) is 60.7 Å². The van der Waals surface area contributed by atoms with Gasteiger partial charge in [0.2, 0.25) is 0 Å². The monoisotopic (exact) mass is 270 g/mol. The van der Waals surface area contributed by atoms with E-state index in [1.54, 1.807) is 0 Å². The zero-order chi connectivity index (χ0) is 14.2. The van der Waals surface area contributed by atoms with Crippen molar-refractivity contribution in [3.63, 3.8) is 0 Å². The van der Waals surface area contributed by atoms with E-state index in [0.29, 0.717) is 13.0 Å². The molecule has 0 aliphatic rings. The summed E-state index contributed by atoms with van der Waals surface area (Å²) >= 11 is 0. The Labute approximate surface area is 118 Å². The molecule has 2 aromatic carbocycles. The Kier molecular flexibility index (Phi) is 5.26. The Morgan fingerprint density at radius 1 is 0.950 bits per heavy atom. The Morgan fingerprint density at radius 3 is 2.00 bits per heavy atom. The second-order valence-corrected chi connectivity index (χ2v) is 4.69. The van der Waals surface area contributed by atoms with E-state index in [1.165, 1.54) is 5.01 Å². The van der Waals surface area contributed by atoms with Crippen molar-refractivity contribution >= 4 is 0 Å². The van der Waals surface area contributed by atoms with Gasteiger partial charge in [0, 0.05) is 0 Å². The van der Waals surface area contributed by atoms with Crippen molar-refractivity contribution in [2.75, 3.05) is 6.61 Å². The number of rotatable bonds is 7. The first-order valence-electron chi connectivity index (χ1n) is 6.62. The van der Waals surface area contributed by atoms with Crippen molar-refractivity contribution < 1.29 is 5.11 Å². The molecule has 0 spiro atoms. The van der Waals surface area contributed by atoms with Gasteiger partial charge in [-0.2, -0.15) is 0 Å². The maximum absolute atomic E-state index is 11.1. The lowest BCUT2D eigenvalue weighted by Crippen LogP contribution is -2.35. The highest BCUT2D eigenvalue weighted by Gasteiger charge is 2.18. The molecule has 1 atom stereocenters. The molecule has 0 aromatic heterocycles. The molecule has 104 valence electrons. The molecule has 0 aliphatic carbocycles. The fourth-order valence-electron chi connectivity index (χ4n) is 2.15. The van der Waals surface area contributed by atoms with Gasteiger partial charge in [-0.3, -0.25) is 5.01 Å². The lowest BCUT2D eigenvalue weighted by molar-refractivity contribution is 0.118. The maximum atomic E-state index is 11.1. The predicted molar refractivity (Wildman–Crippen MR) is 78.8 cm³/mol. The van der Waals surface area contributed by atoms with Crippen LogP contribution in [0.4, 0.5) is 0 Å². The Morgan fingerprint density at radius 2 is 1.50 bits per heavy atom. The minimum absolute atomic E-state index is 0.104. The summed E-state index contributed by atoms with van der Waals surface area (Å²) in [6.45, 7) is 0.301. The molecule has 2 rings (SSSR count). The van der Waals surface area contributed by atoms with Crippen molar-refractivity contribution in [3.05, 3.63) is 76.7 Å². The van der Waals surface area contributed by atoms with Crippen molar-refractivity contribution in [2.45, 2.75) is 19.0 Å². The van der Waals surface area contributed by atoms with Crippen molar-refractivity contribution in [1.82, 2.24) is 5.01 Å². The molecule has 0 fully saturated rings. The Bertz CT molecular complexity index is 517. The quantitative estimate of drug-likeness (QED) is 0.621. The van der Waals surface area contributed by atoms with Crippen LogP contribution in [0.1, 0.15) is 11.1 Å². The summed E-state index contributed by atoms with van der Waals surface area (Å²) in [6.07, 6.45) is 0.593. The Hall–Kier alpha value is -2.20. The van der Waals surface area contributed by atoms with E-state index in [-0.39, 0.29) is 12.6 Å². The first-order valence-corrected chi connectivity index (χ1v) is 6.62. The molecule has 0 saturated heterocycles. The fraction of sp³-hybridized carbons (Fsp3) is 0.250. The van der Waals surface area contributed by atoms with Crippen LogP contribution in [-0.4, -0.2) is 22.8 Å². The van der Waals surface area contributed by atoms with Gasteiger partial charge in [0.25, 0.3) is 0 Å². The van der Waals surface area contributed by atoms with Gasteiger partial charge in [0.1, 0.15) is 0 Å². The van der Waals surface area contributed by atoms with Gasteiger partial charge in [-0.15, -0.1) is 4.91 Å². The van der Waals surface area contributed by atoms with E-state index in [0.717, 1.165) is 11.1 Å². The van der Waals surface area contributed by atoms with Crippen LogP contribution in [0, 0.1) is 4.91 Å². The van der Waals surface area contributed by atoms with Gasteiger partial charge in [-0.25, -0.2) is 0 Å². The molecule has 0 saturated carbocycles. The molecule has 20 heavy (non-hydrogen) atoms. The zero-order valence-electron chi connectivity index (χ0n) is 11.2. The topological polar surface area (TPSA) is 52.9 Å². The number of hydrogen-bond donors (Lipinski definition) is 1. The summed E-state index contributed by atoms with van der Waals surface area (Å²) in [5.41, 5.74) is 2.08. The number of aliphatic hydroxyl groups excluding tert-OH is 1. The summed E-state index contributed by atoms with van der Waals surface area (Å²) in [5, 5.41) is 14.0. The highest BCUT2D eigenvalue weighted by Crippen LogP contribution is 2.13. The summed E-state index contributed by atoms with van der Waals surface area (Å²) in [7, 11) is 0. The molecule has 0 heterocycles. The molecular formula is C16H18N2O2. The van der Waals surface area contributed by atoms with Crippen LogP contribution in [0.3, 0.4) is 0 Å². The van der Waals surface area contributed by atoms with E-state index in [4.69, 9.17) is 0 Å². The van der Waals surface area contributed by atoms with Crippen LogP contribution in [0.25, 0.3) is 0 Å². The molecule has 2 aromatic rings. The first kappa shape index (κ1) is 14.2. The lowest BCUT2D eigenvalue weighted by atomic mass is 10.1. The van der Waals surface area contributed by atoms with Crippen LogP contribution in [0.2, 0.25) is 0 Å². The highest BCUT2D eigenvalue weighted by atomic mass is 16.3. The SMILES string of the molecule is O=NN(Cc1ccccc1)[C@H](CO)Cc1ccccc1. The van der Waals surface area contributed by atoms with E-state index in [1.807, 2.05) is 60.7 Å². The van der Waals surface area contributed by atoms with Gasteiger partial charge in [0.05, 0.1) is 24.5 Å². The number of aliphatic hydroxyl groups is 1. The molecule has 4 heteroatoms. The summed E-state index contributed by atoms with van der Waals surface area (Å²) in [4.78, 5) is 11.1. The van der Waals surface area contributed by atoms with E-state index >= 15 is 0 Å². The third-order valence-corrected chi connectivity index (χ3v) is 3.24. The van der Waals surface area contributed by atoms with E-state index < -0.39 is 0 Å². The van der Waals surface area contributed by atoms with Crippen LogP contribution in [-0.2, 0) is 13.0 Å². The maximum Gasteiger partial charge on any atom is 0.0777 e. The van der Waals surface area contributed by atoms with Gasteiger partial charge >= 0.3 is 0 Å². The molecule has 0 radical (unpaired) electrons. The van der Waals surface area contributed by atoms with Gasteiger partial charge < -0.3 is 5.11 Å². The lowest BCUT2D eigenvalue weighted by Gasteiger charge is -2.25. The Balaban J connectivity index is 2.06. The van der Waals surface area contributed by atoms with E-state index in [9.17, 15) is 10.0 Å². The van der Waals surface area contributed by atoms with Gasteiger partial charge in [0.15, 0.2) is 0 Å². The molecular weight excluding hydrogens is 252 g/mol. The highest BCUT2D eigenvalue weighted by molar-refractivity contribution is 5.17. The summed E-state index contributed by atoms with van der Waals surface area (Å²) in [5.74, 6) is 0. The van der Waals surface area contributed by atoms with Crippen LogP contribution in [0.15, 0.2) is 65.9 Å². The number of benzene rings is 2. The van der Waals surface area contributed by atoms with E-state index in [2.05, 4.69) is 5.29 Å². The molecule has 0 bridgehead atoms. The number of nitrogens with zero attached hydrogens (tertiary/aromatic N) is 2. The largest absolute Gasteiger partial charge is 0.394 e. The second-order valence-electron chi connectivity index (χ2n) is 4.69. The molecule has 0 unspecified atom stereocenters. The van der Waals surface area contributed by atoms with Crippen molar-refractivity contribution in [3.8, 4) is 0 Å². The summed E-state index contributed by atoms with van der Waals surface area (Å²) in [6, 6.07) is 19.1. The van der Waals surface area contributed by atoms with Crippen LogP contribution < -0.4 is 0 Å². The third kappa shape index (κ3) is 3.90. The number of hydrogen-bond acceptors (Lipinski definition) is 3. The first-order chi connectivity index (χ1) is 9.83. The van der Waals surface area contributed by atoms with Gasteiger partial charge in [-0.05, 0) is 17.5 Å².